The van der Waals surface area contributed by atoms with Gasteiger partial charge in [0.1, 0.15) is 5.82 Å². The number of aliphatic carboxylic acids is 1. The van der Waals surface area contributed by atoms with Crippen LogP contribution in [0, 0.1) is 5.82 Å². The lowest BCUT2D eigenvalue weighted by molar-refractivity contribution is -0.136. The predicted octanol–water partition coefficient (Wildman–Crippen LogP) is 3.15. The van der Waals surface area contributed by atoms with Gasteiger partial charge < -0.3 is 10.0 Å². The molecule has 0 atom stereocenters. The topological polar surface area (TPSA) is 40.5 Å². The fourth-order valence-electron chi connectivity index (χ4n) is 2.71. The Kier molecular flexibility index (Phi) is 3.14. The van der Waals surface area contributed by atoms with Gasteiger partial charge in [-0.3, -0.25) is 4.79 Å². The van der Waals surface area contributed by atoms with Crippen LogP contribution in [0.4, 0.5) is 15.8 Å². The van der Waals surface area contributed by atoms with Crippen molar-refractivity contribution in [3.63, 3.8) is 0 Å². The monoisotopic (exact) mass is 271 g/mol. The Morgan fingerprint density at radius 2 is 1.90 bits per heavy atom. The van der Waals surface area contributed by atoms with Gasteiger partial charge in [0.25, 0.3) is 0 Å². The number of hydrogen-bond acceptors (Lipinski definition) is 2. The number of carbonyl (C=O) groups is 1. The molecule has 4 heteroatoms. The van der Waals surface area contributed by atoms with Crippen LogP contribution >= 0.6 is 0 Å². The van der Waals surface area contributed by atoms with Gasteiger partial charge in [0.2, 0.25) is 0 Å². The van der Waals surface area contributed by atoms with Gasteiger partial charge in [-0.1, -0.05) is 24.3 Å². The molecule has 2 aromatic rings. The van der Waals surface area contributed by atoms with E-state index in [0.717, 1.165) is 18.7 Å². The summed E-state index contributed by atoms with van der Waals surface area (Å²) in [5.41, 5.74) is 3.14. The van der Waals surface area contributed by atoms with Crippen molar-refractivity contribution < 1.29 is 14.3 Å². The SMILES string of the molecule is O=C(O)Cc1c(F)cccc1N1CCc2ccccc21. The molecule has 3 nitrogen and oxygen atoms in total. The average molecular weight is 271 g/mol. The number of fused-ring (bicyclic) bond motifs is 1. The van der Waals surface area contributed by atoms with Crippen molar-refractivity contribution in [3.05, 3.63) is 59.4 Å². The van der Waals surface area contributed by atoms with Gasteiger partial charge in [-0.15, -0.1) is 0 Å². The van der Waals surface area contributed by atoms with Crippen LogP contribution in [0.15, 0.2) is 42.5 Å². The number of benzene rings is 2. The second kappa shape index (κ2) is 4.96. The van der Waals surface area contributed by atoms with Crippen molar-refractivity contribution in [1.82, 2.24) is 0 Å². The van der Waals surface area contributed by atoms with E-state index in [-0.39, 0.29) is 12.0 Å². The Morgan fingerprint density at radius 3 is 2.70 bits per heavy atom. The zero-order valence-corrected chi connectivity index (χ0v) is 10.8. The normalized spacial score (nSPS) is 13.3. The van der Waals surface area contributed by atoms with E-state index >= 15 is 0 Å². The number of para-hydroxylation sites is 1. The molecule has 1 aliphatic rings. The van der Waals surface area contributed by atoms with Gasteiger partial charge in [-0.2, -0.15) is 0 Å². The summed E-state index contributed by atoms with van der Waals surface area (Å²) < 4.78 is 13.9. The molecular weight excluding hydrogens is 257 g/mol. The number of anilines is 2. The number of halogens is 1. The fraction of sp³-hybridized carbons (Fsp3) is 0.188. The lowest BCUT2D eigenvalue weighted by Crippen LogP contribution is -2.17. The Bertz CT molecular complexity index is 669. The summed E-state index contributed by atoms with van der Waals surface area (Å²) in [5.74, 6) is -1.49. The molecule has 102 valence electrons. The largest absolute Gasteiger partial charge is 0.481 e. The molecule has 1 heterocycles. The van der Waals surface area contributed by atoms with Crippen molar-refractivity contribution in [3.8, 4) is 0 Å². The van der Waals surface area contributed by atoms with Crippen LogP contribution in [0.1, 0.15) is 11.1 Å². The molecule has 0 fully saturated rings. The maximum Gasteiger partial charge on any atom is 0.308 e. The highest BCUT2D eigenvalue weighted by molar-refractivity contribution is 5.78. The maximum atomic E-state index is 13.9. The van der Waals surface area contributed by atoms with Crippen LogP contribution in [-0.4, -0.2) is 17.6 Å². The van der Waals surface area contributed by atoms with Crippen LogP contribution in [-0.2, 0) is 17.6 Å². The van der Waals surface area contributed by atoms with E-state index < -0.39 is 11.8 Å². The molecule has 0 saturated heterocycles. The van der Waals surface area contributed by atoms with Crippen LogP contribution in [0.3, 0.4) is 0 Å². The first-order valence-corrected chi connectivity index (χ1v) is 6.51. The van der Waals surface area contributed by atoms with Gasteiger partial charge >= 0.3 is 5.97 Å². The summed E-state index contributed by atoms with van der Waals surface area (Å²) in [5, 5.41) is 8.97. The lowest BCUT2D eigenvalue weighted by atomic mass is 10.1. The Labute approximate surface area is 116 Å². The third-order valence-electron chi connectivity index (χ3n) is 3.60. The molecule has 0 aromatic heterocycles. The molecule has 3 rings (SSSR count). The van der Waals surface area contributed by atoms with E-state index in [9.17, 15) is 9.18 Å². The Hall–Kier alpha value is -2.36. The van der Waals surface area contributed by atoms with Crippen molar-refractivity contribution >= 4 is 17.3 Å². The molecule has 0 spiro atoms. The highest BCUT2D eigenvalue weighted by Crippen LogP contribution is 2.36. The summed E-state index contributed by atoms with van der Waals surface area (Å²) in [4.78, 5) is 12.9. The molecule has 0 radical (unpaired) electrons. The molecule has 0 saturated carbocycles. The van der Waals surface area contributed by atoms with Crippen molar-refractivity contribution in [2.45, 2.75) is 12.8 Å². The van der Waals surface area contributed by atoms with Crippen LogP contribution in [0.2, 0.25) is 0 Å². The van der Waals surface area contributed by atoms with Gasteiger partial charge in [0, 0.05) is 23.5 Å². The summed E-state index contributed by atoms with van der Waals surface area (Å²) >= 11 is 0. The molecular formula is C16H14FNO2. The van der Waals surface area contributed by atoms with E-state index in [4.69, 9.17) is 5.11 Å². The second-order valence-corrected chi connectivity index (χ2v) is 4.84. The minimum absolute atomic E-state index is 0.247. The average Bonchev–Trinajstić information content (AvgIpc) is 2.84. The molecule has 0 unspecified atom stereocenters. The van der Waals surface area contributed by atoms with Gasteiger partial charge in [0.05, 0.1) is 6.42 Å². The Morgan fingerprint density at radius 1 is 1.15 bits per heavy atom. The predicted molar refractivity (Wildman–Crippen MR) is 74.9 cm³/mol. The van der Waals surface area contributed by atoms with E-state index in [2.05, 4.69) is 0 Å². The van der Waals surface area contributed by atoms with E-state index in [1.54, 1.807) is 12.1 Å². The molecule has 20 heavy (non-hydrogen) atoms. The minimum Gasteiger partial charge on any atom is -0.481 e. The molecule has 0 aliphatic carbocycles. The van der Waals surface area contributed by atoms with Crippen molar-refractivity contribution in [2.24, 2.45) is 0 Å². The van der Waals surface area contributed by atoms with Gasteiger partial charge in [0.15, 0.2) is 0 Å². The van der Waals surface area contributed by atoms with Crippen LogP contribution in [0.5, 0.6) is 0 Å². The number of rotatable bonds is 3. The minimum atomic E-state index is -1.02. The second-order valence-electron chi connectivity index (χ2n) is 4.84. The highest BCUT2D eigenvalue weighted by Gasteiger charge is 2.23. The van der Waals surface area contributed by atoms with Gasteiger partial charge in [-0.25, -0.2) is 4.39 Å². The zero-order chi connectivity index (χ0) is 14.1. The first kappa shape index (κ1) is 12.7. The zero-order valence-electron chi connectivity index (χ0n) is 10.8. The van der Waals surface area contributed by atoms with Crippen molar-refractivity contribution in [1.29, 1.82) is 0 Å². The first-order valence-electron chi connectivity index (χ1n) is 6.51. The summed E-state index contributed by atoms with van der Waals surface area (Å²) in [6, 6.07) is 12.7. The highest BCUT2D eigenvalue weighted by atomic mass is 19.1. The molecule has 0 bridgehead atoms. The van der Waals surface area contributed by atoms with E-state index in [0.29, 0.717) is 5.69 Å². The number of nitrogens with zero attached hydrogens (tertiary/aromatic N) is 1. The third-order valence-corrected chi connectivity index (χ3v) is 3.60. The fourth-order valence-corrected chi connectivity index (χ4v) is 2.71. The number of hydrogen-bond donors (Lipinski definition) is 1. The summed E-state index contributed by atoms with van der Waals surface area (Å²) in [6.45, 7) is 0.745. The first-order chi connectivity index (χ1) is 9.66. The molecule has 0 amide bonds. The van der Waals surface area contributed by atoms with Crippen LogP contribution in [0.25, 0.3) is 0 Å². The van der Waals surface area contributed by atoms with E-state index in [1.807, 2.05) is 29.2 Å². The smallest absolute Gasteiger partial charge is 0.308 e. The quantitative estimate of drug-likeness (QED) is 0.932. The lowest BCUT2D eigenvalue weighted by Gasteiger charge is -2.22. The molecule has 2 aromatic carbocycles. The molecule has 1 aliphatic heterocycles. The van der Waals surface area contributed by atoms with E-state index in [1.165, 1.54) is 11.6 Å². The summed E-state index contributed by atoms with van der Waals surface area (Å²) in [7, 11) is 0. The van der Waals surface area contributed by atoms with Crippen LogP contribution < -0.4 is 4.90 Å². The standard InChI is InChI=1S/C16H14FNO2/c17-13-5-3-7-15(12(13)10-16(19)20)18-9-8-11-4-1-2-6-14(11)18/h1-7H,8-10H2,(H,19,20). The Balaban J connectivity index is 2.08. The van der Waals surface area contributed by atoms with Gasteiger partial charge in [-0.05, 0) is 30.2 Å². The third kappa shape index (κ3) is 2.13. The number of carboxylic acids is 1. The maximum absolute atomic E-state index is 13.9. The van der Waals surface area contributed by atoms with Crippen molar-refractivity contribution in [2.75, 3.05) is 11.4 Å². The summed E-state index contributed by atoms with van der Waals surface area (Å²) in [6.07, 6.45) is 0.583. The number of carboxylic acid groups (broad SMARTS) is 1. The molecule has 1 N–H and O–H groups in total.